The number of hydrogen-bond acceptors (Lipinski definition) is 3. The average molecular weight is 258 g/mol. The molecular formula is C11H16ClN3O2. The second-order valence-corrected chi connectivity index (χ2v) is 4.87. The van der Waals surface area contributed by atoms with E-state index in [4.69, 9.17) is 16.3 Å². The van der Waals surface area contributed by atoms with E-state index in [0.717, 1.165) is 0 Å². The van der Waals surface area contributed by atoms with Gasteiger partial charge in [-0.05, 0) is 6.92 Å². The summed E-state index contributed by atoms with van der Waals surface area (Å²) in [4.78, 5) is 17.6. The fraction of sp³-hybridized carbons (Fsp3) is 0.636. The van der Waals surface area contributed by atoms with Crippen molar-refractivity contribution in [1.82, 2.24) is 14.5 Å². The highest BCUT2D eigenvalue weighted by Gasteiger charge is 2.37. The number of rotatable bonds is 3. The molecule has 94 valence electrons. The van der Waals surface area contributed by atoms with E-state index in [1.165, 1.54) is 0 Å². The van der Waals surface area contributed by atoms with Crippen LogP contribution < -0.4 is 0 Å². The van der Waals surface area contributed by atoms with Gasteiger partial charge in [-0.2, -0.15) is 0 Å². The van der Waals surface area contributed by atoms with Crippen molar-refractivity contribution in [3.8, 4) is 0 Å². The normalized spacial score (nSPS) is 26.2. The first-order chi connectivity index (χ1) is 8.13. The summed E-state index contributed by atoms with van der Waals surface area (Å²) in [7, 11) is 1.66. The number of likely N-dealkylation sites (tertiary alicyclic amines) is 1. The van der Waals surface area contributed by atoms with Gasteiger partial charge < -0.3 is 14.2 Å². The number of imidazole rings is 1. The largest absolute Gasteiger partial charge is 0.377 e. The number of nitrogens with zero attached hydrogens (tertiary/aromatic N) is 3. The van der Waals surface area contributed by atoms with Gasteiger partial charge in [-0.15, -0.1) is 11.6 Å². The number of carbonyl (C=O) groups is 1. The van der Waals surface area contributed by atoms with E-state index in [1.807, 2.05) is 10.8 Å². The summed E-state index contributed by atoms with van der Waals surface area (Å²) in [5.74, 6) is -0.0451. The van der Waals surface area contributed by atoms with Gasteiger partial charge in [0.25, 0.3) is 0 Å². The molecule has 6 heteroatoms. The van der Waals surface area contributed by atoms with Gasteiger partial charge in [0.2, 0.25) is 5.91 Å². The molecule has 3 atom stereocenters. The van der Waals surface area contributed by atoms with Gasteiger partial charge in [0.05, 0.1) is 18.5 Å². The lowest BCUT2D eigenvalue weighted by Crippen LogP contribution is -2.34. The van der Waals surface area contributed by atoms with E-state index in [1.54, 1.807) is 31.5 Å². The number of carbonyl (C=O) groups excluding carboxylic acids is 1. The smallest absolute Gasteiger partial charge is 0.240 e. The van der Waals surface area contributed by atoms with Crippen LogP contribution in [0.2, 0.25) is 0 Å². The monoisotopic (exact) mass is 257 g/mol. The number of hydrogen-bond donors (Lipinski definition) is 0. The first-order valence-corrected chi connectivity index (χ1v) is 6.00. The predicted molar refractivity (Wildman–Crippen MR) is 64.0 cm³/mol. The minimum absolute atomic E-state index is 0.0106. The van der Waals surface area contributed by atoms with Crippen LogP contribution in [-0.4, -0.2) is 52.0 Å². The average Bonchev–Trinajstić information content (AvgIpc) is 2.95. The van der Waals surface area contributed by atoms with Crippen molar-refractivity contribution in [2.75, 3.05) is 20.2 Å². The third-order valence-corrected chi connectivity index (χ3v) is 3.29. The Morgan fingerprint density at radius 1 is 1.59 bits per heavy atom. The van der Waals surface area contributed by atoms with E-state index in [0.29, 0.717) is 13.1 Å². The maximum Gasteiger partial charge on any atom is 0.240 e. The maximum absolute atomic E-state index is 11.8. The van der Waals surface area contributed by atoms with Crippen molar-refractivity contribution in [1.29, 1.82) is 0 Å². The van der Waals surface area contributed by atoms with Gasteiger partial charge in [-0.3, -0.25) is 4.79 Å². The number of aromatic nitrogens is 2. The molecule has 5 nitrogen and oxygen atoms in total. The first kappa shape index (κ1) is 12.4. The zero-order valence-electron chi connectivity index (χ0n) is 9.91. The Hall–Kier alpha value is -1.07. The predicted octanol–water partition coefficient (Wildman–Crippen LogP) is 0.909. The Labute approximate surface area is 105 Å². The molecule has 1 saturated heterocycles. The van der Waals surface area contributed by atoms with Crippen molar-refractivity contribution in [2.45, 2.75) is 24.4 Å². The summed E-state index contributed by atoms with van der Waals surface area (Å²) in [5.41, 5.74) is 0. The molecule has 1 aliphatic heterocycles. The number of ether oxygens (including phenoxy) is 1. The summed E-state index contributed by atoms with van der Waals surface area (Å²) < 4.78 is 7.39. The minimum Gasteiger partial charge on any atom is -0.377 e. The van der Waals surface area contributed by atoms with Crippen LogP contribution in [0, 0.1) is 0 Å². The Kier molecular flexibility index (Phi) is 3.69. The number of methoxy groups -OCH3 is 1. The lowest BCUT2D eigenvalue weighted by molar-refractivity contribution is -0.129. The van der Waals surface area contributed by atoms with Gasteiger partial charge in [-0.25, -0.2) is 4.98 Å². The highest BCUT2D eigenvalue weighted by Crippen LogP contribution is 2.25. The lowest BCUT2D eigenvalue weighted by atomic mass is 10.2. The van der Waals surface area contributed by atoms with Crippen LogP contribution >= 0.6 is 11.6 Å². The molecular weight excluding hydrogens is 242 g/mol. The van der Waals surface area contributed by atoms with E-state index in [9.17, 15) is 4.79 Å². The molecule has 1 fully saturated rings. The molecule has 0 spiro atoms. The second kappa shape index (κ2) is 5.06. The quantitative estimate of drug-likeness (QED) is 0.757. The van der Waals surface area contributed by atoms with Gasteiger partial charge in [-0.1, -0.05) is 0 Å². The summed E-state index contributed by atoms with van der Waals surface area (Å²) in [6.07, 6.45) is 5.34. The standard InChI is InChI=1S/C11H16ClN3O2/c1-8(12)11(16)15-5-9(10(6-15)17-2)14-4-3-13-7-14/h3-4,7-10H,5-6H2,1-2H3. The van der Waals surface area contributed by atoms with Crippen molar-refractivity contribution < 1.29 is 9.53 Å². The van der Waals surface area contributed by atoms with Crippen LogP contribution in [0.5, 0.6) is 0 Å². The SMILES string of the molecule is COC1CN(C(=O)C(C)Cl)CC1n1ccnc1. The molecule has 0 radical (unpaired) electrons. The molecule has 0 aromatic carbocycles. The van der Waals surface area contributed by atoms with Gasteiger partial charge in [0, 0.05) is 32.6 Å². The van der Waals surface area contributed by atoms with E-state index >= 15 is 0 Å². The molecule has 0 bridgehead atoms. The number of amides is 1. The summed E-state index contributed by atoms with van der Waals surface area (Å²) in [6.45, 7) is 2.89. The Balaban J connectivity index is 2.11. The molecule has 1 aromatic heterocycles. The summed E-state index contributed by atoms with van der Waals surface area (Å²) in [5, 5.41) is -0.492. The fourth-order valence-corrected chi connectivity index (χ4v) is 2.31. The van der Waals surface area contributed by atoms with Crippen molar-refractivity contribution in [3.05, 3.63) is 18.7 Å². The molecule has 2 heterocycles. The van der Waals surface area contributed by atoms with Gasteiger partial charge in [0.15, 0.2) is 0 Å². The Bertz CT molecular complexity index is 380. The van der Waals surface area contributed by atoms with Crippen LogP contribution in [-0.2, 0) is 9.53 Å². The summed E-state index contributed by atoms with van der Waals surface area (Å²) in [6, 6.07) is 0.113. The number of halogens is 1. The molecule has 2 rings (SSSR count). The highest BCUT2D eigenvalue weighted by molar-refractivity contribution is 6.30. The maximum atomic E-state index is 11.8. The third-order valence-electron chi connectivity index (χ3n) is 3.10. The zero-order valence-corrected chi connectivity index (χ0v) is 10.7. The highest BCUT2D eigenvalue weighted by atomic mass is 35.5. The van der Waals surface area contributed by atoms with Crippen LogP contribution in [0.25, 0.3) is 0 Å². The number of alkyl halides is 1. The van der Waals surface area contributed by atoms with Crippen molar-refractivity contribution >= 4 is 17.5 Å². The van der Waals surface area contributed by atoms with Gasteiger partial charge in [0.1, 0.15) is 5.38 Å². The Morgan fingerprint density at radius 3 is 2.88 bits per heavy atom. The molecule has 3 unspecified atom stereocenters. The molecule has 17 heavy (non-hydrogen) atoms. The third kappa shape index (κ3) is 2.45. The fourth-order valence-electron chi connectivity index (χ4n) is 2.17. The van der Waals surface area contributed by atoms with Crippen LogP contribution in [0.3, 0.4) is 0 Å². The van der Waals surface area contributed by atoms with Crippen molar-refractivity contribution in [3.63, 3.8) is 0 Å². The topological polar surface area (TPSA) is 47.4 Å². The van der Waals surface area contributed by atoms with Crippen LogP contribution in [0.15, 0.2) is 18.7 Å². The zero-order chi connectivity index (χ0) is 12.4. The van der Waals surface area contributed by atoms with Crippen LogP contribution in [0.1, 0.15) is 13.0 Å². The van der Waals surface area contributed by atoms with E-state index < -0.39 is 5.38 Å². The second-order valence-electron chi connectivity index (χ2n) is 4.21. The van der Waals surface area contributed by atoms with Gasteiger partial charge >= 0.3 is 0 Å². The molecule has 1 aliphatic rings. The van der Waals surface area contributed by atoms with E-state index in [-0.39, 0.29) is 18.1 Å². The lowest BCUT2D eigenvalue weighted by Gasteiger charge is -2.17. The summed E-state index contributed by atoms with van der Waals surface area (Å²) >= 11 is 5.82. The minimum atomic E-state index is -0.492. The molecule has 1 amide bonds. The van der Waals surface area contributed by atoms with Crippen molar-refractivity contribution in [2.24, 2.45) is 0 Å². The van der Waals surface area contributed by atoms with E-state index in [2.05, 4.69) is 4.98 Å². The Morgan fingerprint density at radius 2 is 2.35 bits per heavy atom. The van der Waals surface area contributed by atoms with Crippen LogP contribution in [0.4, 0.5) is 0 Å². The molecule has 0 N–H and O–H groups in total. The molecule has 0 saturated carbocycles. The molecule has 0 aliphatic carbocycles. The molecule has 1 aromatic rings. The first-order valence-electron chi connectivity index (χ1n) is 5.56.